The molecule has 1 aromatic carbocycles. The van der Waals surface area contributed by atoms with Crippen molar-refractivity contribution in [2.24, 2.45) is 0 Å². The van der Waals surface area contributed by atoms with Gasteiger partial charge in [-0.3, -0.25) is 0 Å². The van der Waals surface area contributed by atoms with Crippen molar-refractivity contribution >= 4 is 6.29 Å². The van der Waals surface area contributed by atoms with E-state index in [0.29, 0.717) is 6.42 Å². The van der Waals surface area contributed by atoms with Gasteiger partial charge in [0.15, 0.2) is 0 Å². The first kappa shape index (κ1) is 8.78. The van der Waals surface area contributed by atoms with Gasteiger partial charge in [0.1, 0.15) is 12.0 Å². The van der Waals surface area contributed by atoms with Crippen LogP contribution >= 0.6 is 0 Å². The second-order valence-corrected chi connectivity index (χ2v) is 2.67. The molecule has 0 bridgehead atoms. The Bertz CT molecular complexity index is 279. The highest BCUT2D eigenvalue weighted by atomic mass is 16.5. The number of aldehydes is 1. The molecule has 2 heteroatoms. The number of rotatable bonds is 3. The van der Waals surface area contributed by atoms with E-state index in [4.69, 9.17) is 4.74 Å². The van der Waals surface area contributed by atoms with Crippen LogP contribution in [0.15, 0.2) is 18.2 Å². The average molecular weight is 164 g/mol. The molecular formula is C10H12O2. The zero-order valence-electron chi connectivity index (χ0n) is 7.33. The minimum absolute atomic E-state index is 0.455. The van der Waals surface area contributed by atoms with Crippen molar-refractivity contribution in [2.75, 3.05) is 7.11 Å². The van der Waals surface area contributed by atoms with Crippen LogP contribution in [0.1, 0.15) is 11.1 Å². The summed E-state index contributed by atoms with van der Waals surface area (Å²) in [6, 6.07) is 5.79. The molecule has 64 valence electrons. The Morgan fingerprint density at radius 2 is 2.25 bits per heavy atom. The van der Waals surface area contributed by atoms with Crippen molar-refractivity contribution in [1.82, 2.24) is 0 Å². The van der Waals surface area contributed by atoms with Gasteiger partial charge in [0, 0.05) is 6.42 Å². The fraction of sp³-hybridized carbons (Fsp3) is 0.300. The van der Waals surface area contributed by atoms with Crippen LogP contribution < -0.4 is 4.74 Å². The van der Waals surface area contributed by atoms with Gasteiger partial charge in [-0.15, -0.1) is 0 Å². The maximum atomic E-state index is 10.2. The van der Waals surface area contributed by atoms with Gasteiger partial charge in [0.05, 0.1) is 7.11 Å². The Morgan fingerprint density at radius 3 is 2.83 bits per heavy atom. The predicted octanol–water partition coefficient (Wildman–Crippen LogP) is 1.75. The van der Waals surface area contributed by atoms with Crippen molar-refractivity contribution in [3.63, 3.8) is 0 Å². The highest BCUT2D eigenvalue weighted by Gasteiger charge is 1.98. The number of benzene rings is 1. The third kappa shape index (κ3) is 1.84. The maximum absolute atomic E-state index is 10.2. The van der Waals surface area contributed by atoms with Gasteiger partial charge < -0.3 is 9.53 Å². The number of carbonyl (C=O) groups excluding carboxylic acids is 1. The minimum atomic E-state index is 0.455. The summed E-state index contributed by atoms with van der Waals surface area (Å²) in [5, 5.41) is 0. The first-order valence-electron chi connectivity index (χ1n) is 3.85. The lowest BCUT2D eigenvalue weighted by Gasteiger charge is -2.05. The third-order valence-electron chi connectivity index (χ3n) is 1.79. The van der Waals surface area contributed by atoms with E-state index in [1.54, 1.807) is 7.11 Å². The number of carbonyl (C=O) groups is 1. The second-order valence-electron chi connectivity index (χ2n) is 2.67. The van der Waals surface area contributed by atoms with Crippen molar-refractivity contribution in [3.05, 3.63) is 29.3 Å². The van der Waals surface area contributed by atoms with Crippen molar-refractivity contribution < 1.29 is 9.53 Å². The van der Waals surface area contributed by atoms with E-state index in [2.05, 4.69) is 0 Å². The lowest BCUT2D eigenvalue weighted by Crippen LogP contribution is -1.91. The number of ether oxygens (including phenoxy) is 1. The SMILES string of the molecule is COc1cc(CC=O)ccc1C. The summed E-state index contributed by atoms with van der Waals surface area (Å²) in [5.74, 6) is 0.842. The first-order chi connectivity index (χ1) is 5.77. The lowest BCUT2D eigenvalue weighted by molar-refractivity contribution is -0.107. The zero-order valence-corrected chi connectivity index (χ0v) is 7.33. The summed E-state index contributed by atoms with van der Waals surface area (Å²) >= 11 is 0. The van der Waals surface area contributed by atoms with Gasteiger partial charge >= 0.3 is 0 Å². The molecular weight excluding hydrogens is 152 g/mol. The monoisotopic (exact) mass is 164 g/mol. The minimum Gasteiger partial charge on any atom is -0.496 e. The Kier molecular flexibility index (Phi) is 2.86. The molecule has 0 aliphatic heterocycles. The van der Waals surface area contributed by atoms with Crippen molar-refractivity contribution in [1.29, 1.82) is 0 Å². The van der Waals surface area contributed by atoms with E-state index in [1.807, 2.05) is 25.1 Å². The van der Waals surface area contributed by atoms with Crippen LogP contribution in [0.2, 0.25) is 0 Å². The summed E-state index contributed by atoms with van der Waals surface area (Å²) in [7, 11) is 1.63. The van der Waals surface area contributed by atoms with Crippen LogP contribution in [0, 0.1) is 6.92 Å². The molecule has 0 spiro atoms. The van der Waals surface area contributed by atoms with Crippen LogP contribution in [0.25, 0.3) is 0 Å². The number of hydrogen-bond acceptors (Lipinski definition) is 2. The summed E-state index contributed by atoms with van der Waals surface area (Å²) in [5.41, 5.74) is 2.08. The van der Waals surface area contributed by atoms with Crippen LogP contribution in [0.5, 0.6) is 5.75 Å². The second kappa shape index (κ2) is 3.90. The number of hydrogen-bond donors (Lipinski definition) is 0. The molecule has 0 aliphatic rings. The molecule has 1 aromatic rings. The summed E-state index contributed by atoms with van der Waals surface area (Å²) in [6.07, 6.45) is 1.35. The molecule has 1 rings (SSSR count). The predicted molar refractivity (Wildman–Crippen MR) is 47.5 cm³/mol. The van der Waals surface area contributed by atoms with Crippen LogP contribution in [-0.4, -0.2) is 13.4 Å². The quantitative estimate of drug-likeness (QED) is 0.636. The Hall–Kier alpha value is -1.31. The van der Waals surface area contributed by atoms with Gasteiger partial charge in [0.2, 0.25) is 0 Å². The molecule has 0 unspecified atom stereocenters. The molecule has 0 aromatic heterocycles. The number of aryl methyl sites for hydroxylation is 1. The molecule has 0 aliphatic carbocycles. The van der Waals surface area contributed by atoms with E-state index in [9.17, 15) is 4.79 Å². The first-order valence-corrected chi connectivity index (χ1v) is 3.85. The van der Waals surface area contributed by atoms with Gasteiger partial charge in [0.25, 0.3) is 0 Å². The standard InChI is InChI=1S/C10H12O2/c1-8-3-4-9(5-6-11)7-10(8)12-2/h3-4,6-7H,5H2,1-2H3. The molecule has 0 saturated carbocycles. The summed E-state index contributed by atoms with van der Waals surface area (Å²) in [6.45, 7) is 1.98. The average Bonchev–Trinajstić information content (AvgIpc) is 2.09. The van der Waals surface area contributed by atoms with Crippen LogP contribution in [-0.2, 0) is 11.2 Å². The van der Waals surface area contributed by atoms with E-state index < -0.39 is 0 Å². The summed E-state index contributed by atoms with van der Waals surface area (Å²) in [4.78, 5) is 10.2. The van der Waals surface area contributed by atoms with E-state index in [-0.39, 0.29) is 0 Å². The maximum Gasteiger partial charge on any atom is 0.124 e. The van der Waals surface area contributed by atoms with Crippen molar-refractivity contribution in [2.45, 2.75) is 13.3 Å². The summed E-state index contributed by atoms with van der Waals surface area (Å²) < 4.78 is 5.12. The van der Waals surface area contributed by atoms with E-state index in [1.165, 1.54) is 0 Å². The third-order valence-corrected chi connectivity index (χ3v) is 1.79. The lowest BCUT2D eigenvalue weighted by atomic mass is 10.1. The fourth-order valence-corrected chi connectivity index (χ4v) is 1.09. The molecule has 0 heterocycles. The molecule has 0 radical (unpaired) electrons. The van der Waals surface area contributed by atoms with E-state index >= 15 is 0 Å². The van der Waals surface area contributed by atoms with Gasteiger partial charge in [-0.1, -0.05) is 12.1 Å². The molecule has 12 heavy (non-hydrogen) atoms. The van der Waals surface area contributed by atoms with Crippen LogP contribution in [0.4, 0.5) is 0 Å². The fourth-order valence-electron chi connectivity index (χ4n) is 1.09. The van der Waals surface area contributed by atoms with E-state index in [0.717, 1.165) is 23.2 Å². The number of methoxy groups -OCH3 is 1. The Morgan fingerprint density at radius 1 is 1.50 bits per heavy atom. The van der Waals surface area contributed by atoms with Crippen LogP contribution in [0.3, 0.4) is 0 Å². The molecule has 0 N–H and O–H groups in total. The molecule has 0 amide bonds. The highest BCUT2D eigenvalue weighted by molar-refractivity contribution is 5.56. The Labute approximate surface area is 72.2 Å². The molecule has 0 fully saturated rings. The molecule has 2 nitrogen and oxygen atoms in total. The van der Waals surface area contributed by atoms with Gasteiger partial charge in [-0.25, -0.2) is 0 Å². The topological polar surface area (TPSA) is 26.3 Å². The largest absolute Gasteiger partial charge is 0.496 e. The molecule has 0 atom stereocenters. The highest BCUT2D eigenvalue weighted by Crippen LogP contribution is 2.18. The Balaban J connectivity index is 2.96. The zero-order chi connectivity index (χ0) is 8.97. The normalized spacial score (nSPS) is 9.50. The van der Waals surface area contributed by atoms with Gasteiger partial charge in [-0.2, -0.15) is 0 Å². The smallest absolute Gasteiger partial charge is 0.124 e. The van der Waals surface area contributed by atoms with Crippen molar-refractivity contribution in [3.8, 4) is 5.75 Å². The molecule has 0 saturated heterocycles. The van der Waals surface area contributed by atoms with Gasteiger partial charge in [-0.05, 0) is 24.1 Å².